The van der Waals surface area contributed by atoms with E-state index in [4.69, 9.17) is 11.6 Å². The Morgan fingerprint density at radius 2 is 1.96 bits per heavy atom. The summed E-state index contributed by atoms with van der Waals surface area (Å²) in [7, 11) is 0. The molecule has 26 heavy (non-hydrogen) atoms. The Labute approximate surface area is 159 Å². The summed E-state index contributed by atoms with van der Waals surface area (Å²) < 4.78 is 0. The minimum atomic E-state index is -0.587. The van der Waals surface area contributed by atoms with Crippen molar-refractivity contribution >= 4 is 29.3 Å². The van der Waals surface area contributed by atoms with Crippen LogP contribution in [0.4, 0.5) is 0 Å². The van der Waals surface area contributed by atoms with Crippen LogP contribution in [0, 0.1) is 5.92 Å². The molecule has 7 heteroatoms. The van der Waals surface area contributed by atoms with Crippen molar-refractivity contribution < 1.29 is 14.4 Å². The van der Waals surface area contributed by atoms with E-state index in [9.17, 15) is 14.4 Å². The van der Waals surface area contributed by atoms with Gasteiger partial charge in [0.05, 0.1) is 5.92 Å². The molecule has 1 heterocycles. The highest BCUT2D eigenvalue weighted by atomic mass is 35.5. The lowest BCUT2D eigenvalue weighted by molar-refractivity contribution is -0.131. The van der Waals surface area contributed by atoms with E-state index in [2.05, 4.69) is 10.6 Å². The van der Waals surface area contributed by atoms with E-state index in [0.717, 1.165) is 12.8 Å². The number of rotatable bonds is 6. The Bertz CT molecular complexity index is 648. The summed E-state index contributed by atoms with van der Waals surface area (Å²) in [5.41, 5.74) is 0.558. The van der Waals surface area contributed by atoms with E-state index in [1.54, 1.807) is 36.1 Å². The highest BCUT2D eigenvalue weighted by Crippen LogP contribution is 2.20. The molecule has 142 valence electrons. The first-order valence-electron chi connectivity index (χ1n) is 9.05. The monoisotopic (exact) mass is 379 g/mol. The van der Waals surface area contributed by atoms with Gasteiger partial charge in [-0.25, -0.2) is 0 Å². The highest BCUT2D eigenvalue weighted by Gasteiger charge is 2.30. The van der Waals surface area contributed by atoms with Crippen LogP contribution in [-0.4, -0.2) is 48.3 Å². The standard InChI is InChI=1S/C19H26ClN3O3/c1-3-10-21-17(24)13(2)22-18(25)15-5-4-11-23(12-15)19(26)14-6-8-16(20)9-7-14/h6-9,13,15H,3-5,10-12H2,1-2H3,(H,21,24)(H,22,25). The quantitative estimate of drug-likeness (QED) is 0.795. The number of hydrogen-bond donors (Lipinski definition) is 2. The number of nitrogens with one attached hydrogen (secondary N) is 2. The van der Waals surface area contributed by atoms with Gasteiger partial charge in [-0.05, 0) is 50.5 Å². The molecule has 2 unspecified atom stereocenters. The van der Waals surface area contributed by atoms with Crippen LogP contribution in [0.25, 0.3) is 0 Å². The van der Waals surface area contributed by atoms with Crippen molar-refractivity contribution in [3.63, 3.8) is 0 Å². The van der Waals surface area contributed by atoms with Gasteiger partial charge in [-0.1, -0.05) is 18.5 Å². The average molecular weight is 380 g/mol. The zero-order valence-electron chi connectivity index (χ0n) is 15.3. The molecule has 1 saturated heterocycles. The molecule has 6 nitrogen and oxygen atoms in total. The molecule has 2 N–H and O–H groups in total. The van der Waals surface area contributed by atoms with Gasteiger partial charge in [0.15, 0.2) is 0 Å². The summed E-state index contributed by atoms with van der Waals surface area (Å²) in [4.78, 5) is 38.7. The van der Waals surface area contributed by atoms with Crippen LogP contribution in [0.5, 0.6) is 0 Å². The predicted octanol–water partition coefficient (Wildman–Crippen LogP) is 2.22. The molecule has 3 amide bonds. The summed E-state index contributed by atoms with van der Waals surface area (Å²) in [6.07, 6.45) is 2.31. The second kappa shape index (κ2) is 9.57. The Morgan fingerprint density at radius 1 is 1.27 bits per heavy atom. The topological polar surface area (TPSA) is 78.5 Å². The summed E-state index contributed by atoms with van der Waals surface area (Å²) in [6, 6.07) is 6.15. The lowest BCUT2D eigenvalue weighted by Crippen LogP contribution is -2.50. The number of benzene rings is 1. The van der Waals surface area contributed by atoms with Gasteiger partial charge in [-0.2, -0.15) is 0 Å². The van der Waals surface area contributed by atoms with E-state index in [1.165, 1.54) is 0 Å². The second-order valence-electron chi connectivity index (χ2n) is 6.62. The van der Waals surface area contributed by atoms with Gasteiger partial charge in [-0.15, -0.1) is 0 Å². The van der Waals surface area contributed by atoms with Gasteiger partial charge in [0.1, 0.15) is 6.04 Å². The third-order valence-corrected chi connectivity index (χ3v) is 4.72. The number of likely N-dealkylation sites (tertiary alicyclic amines) is 1. The van der Waals surface area contributed by atoms with Crippen molar-refractivity contribution in [2.75, 3.05) is 19.6 Å². The summed E-state index contributed by atoms with van der Waals surface area (Å²) >= 11 is 5.86. The third kappa shape index (κ3) is 5.46. The van der Waals surface area contributed by atoms with E-state index in [1.807, 2.05) is 6.92 Å². The Balaban J connectivity index is 1.92. The maximum absolute atomic E-state index is 12.6. The van der Waals surface area contributed by atoms with Gasteiger partial charge in [0, 0.05) is 30.2 Å². The van der Waals surface area contributed by atoms with Crippen molar-refractivity contribution in [2.45, 2.75) is 39.2 Å². The largest absolute Gasteiger partial charge is 0.354 e. The van der Waals surface area contributed by atoms with E-state index in [0.29, 0.717) is 36.6 Å². The lowest BCUT2D eigenvalue weighted by Gasteiger charge is -2.32. The molecular formula is C19H26ClN3O3. The summed E-state index contributed by atoms with van der Waals surface area (Å²) in [5.74, 6) is -0.780. The van der Waals surface area contributed by atoms with Gasteiger partial charge >= 0.3 is 0 Å². The minimum Gasteiger partial charge on any atom is -0.354 e. The van der Waals surface area contributed by atoms with E-state index < -0.39 is 6.04 Å². The van der Waals surface area contributed by atoms with Gasteiger partial charge in [-0.3, -0.25) is 14.4 Å². The zero-order valence-corrected chi connectivity index (χ0v) is 16.0. The smallest absolute Gasteiger partial charge is 0.253 e. The van der Waals surface area contributed by atoms with Crippen molar-refractivity contribution in [2.24, 2.45) is 5.92 Å². The fourth-order valence-corrected chi connectivity index (χ4v) is 3.07. The normalized spacial score (nSPS) is 18.1. The van der Waals surface area contributed by atoms with Gasteiger partial charge in [0.25, 0.3) is 5.91 Å². The Kier molecular flexibility index (Phi) is 7.45. The first-order chi connectivity index (χ1) is 12.4. The van der Waals surface area contributed by atoms with Crippen LogP contribution >= 0.6 is 11.6 Å². The Hall–Kier alpha value is -2.08. The van der Waals surface area contributed by atoms with Crippen LogP contribution in [0.3, 0.4) is 0 Å². The number of halogens is 1. The van der Waals surface area contributed by atoms with Crippen LogP contribution in [0.1, 0.15) is 43.5 Å². The van der Waals surface area contributed by atoms with Crippen LogP contribution < -0.4 is 10.6 Å². The average Bonchev–Trinajstić information content (AvgIpc) is 2.66. The fraction of sp³-hybridized carbons (Fsp3) is 0.526. The third-order valence-electron chi connectivity index (χ3n) is 4.47. The maximum atomic E-state index is 12.6. The van der Waals surface area contributed by atoms with Gasteiger partial charge in [0.2, 0.25) is 11.8 Å². The van der Waals surface area contributed by atoms with Crippen LogP contribution in [0.2, 0.25) is 5.02 Å². The first kappa shape index (κ1) is 20.2. The molecule has 1 aliphatic rings. The number of piperidine rings is 1. The number of carbonyl (C=O) groups excluding carboxylic acids is 3. The molecule has 0 aliphatic carbocycles. The second-order valence-corrected chi connectivity index (χ2v) is 7.05. The van der Waals surface area contributed by atoms with Crippen molar-refractivity contribution in [3.05, 3.63) is 34.9 Å². The number of amides is 3. The number of hydrogen-bond acceptors (Lipinski definition) is 3. The highest BCUT2D eigenvalue weighted by molar-refractivity contribution is 6.30. The first-order valence-corrected chi connectivity index (χ1v) is 9.43. The zero-order chi connectivity index (χ0) is 19.1. The predicted molar refractivity (Wildman–Crippen MR) is 101 cm³/mol. The molecule has 1 aliphatic heterocycles. The number of nitrogens with zero attached hydrogens (tertiary/aromatic N) is 1. The lowest BCUT2D eigenvalue weighted by atomic mass is 9.96. The summed E-state index contributed by atoms with van der Waals surface area (Å²) in [6.45, 7) is 5.21. The SMILES string of the molecule is CCCNC(=O)C(C)NC(=O)C1CCCN(C(=O)c2ccc(Cl)cc2)C1. The van der Waals surface area contributed by atoms with E-state index >= 15 is 0 Å². The molecule has 2 atom stereocenters. The van der Waals surface area contributed by atoms with Crippen molar-refractivity contribution in [3.8, 4) is 0 Å². The molecule has 0 spiro atoms. The molecule has 0 bridgehead atoms. The maximum Gasteiger partial charge on any atom is 0.253 e. The van der Waals surface area contributed by atoms with Crippen molar-refractivity contribution in [1.82, 2.24) is 15.5 Å². The van der Waals surface area contributed by atoms with Crippen molar-refractivity contribution in [1.29, 1.82) is 0 Å². The molecule has 1 aromatic carbocycles. The summed E-state index contributed by atoms with van der Waals surface area (Å²) in [5, 5.41) is 6.10. The molecule has 1 aromatic rings. The molecule has 1 fully saturated rings. The van der Waals surface area contributed by atoms with Gasteiger partial charge < -0.3 is 15.5 Å². The minimum absolute atomic E-state index is 0.104. The molecule has 0 radical (unpaired) electrons. The van der Waals surface area contributed by atoms with E-state index in [-0.39, 0.29) is 23.6 Å². The molecule has 0 aromatic heterocycles. The molecular weight excluding hydrogens is 354 g/mol. The molecule has 0 saturated carbocycles. The molecule has 2 rings (SSSR count). The van der Waals surface area contributed by atoms with Crippen LogP contribution in [-0.2, 0) is 9.59 Å². The Morgan fingerprint density at radius 3 is 2.62 bits per heavy atom. The van der Waals surface area contributed by atoms with Crippen LogP contribution in [0.15, 0.2) is 24.3 Å². The fourth-order valence-electron chi connectivity index (χ4n) is 2.95. The number of carbonyl (C=O) groups is 3.